The van der Waals surface area contributed by atoms with Crippen LogP contribution in [0.4, 0.5) is 0 Å². The number of unbranched alkanes of at least 4 members (excludes halogenated alkanes) is 50. The van der Waals surface area contributed by atoms with Gasteiger partial charge in [-0.2, -0.15) is 0 Å². The van der Waals surface area contributed by atoms with Crippen molar-refractivity contribution in [2.45, 2.75) is 386 Å². The first-order valence-corrected chi connectivity index (χ1v) is 38.5. The lowest BCUT2D eigenvalue weighted by molar-refractivity contribution is -0.870. The number of phosphoric ester groups is 1. The molecule has 0 aromatic rings. The minimum absolute atomic E-state index is 0.0548. The van der Waals surface area contributed by atoms with Gasteiger partial charge in [0.25, 0.3) is 0 Å². The van der Waals surface area contributed by atoms with Crippen molar-refractivity contribution in [3.8, 4) is 0 Å². The summed E-state index contributed by atoms with van der Waals surface area (Å²) in [5.74, 6) is -0.184. The first kappa shape index (κ1) is 82.5. The number of quaternary nitrogens is 1. The minimum Gasteiger partial charge on any atom is -0.387 e. The molecule has 84 heavy (non-hydrogen) atoms. The Labute approximate surface area is 524 Å². The average molecular weight is 1200 g/mol. The highest BCUT2D eigenvalue weighted by Gasteiger charge is 2.28. The molecule has 9 heteroatoms. The predicted molar refractivity (Wildman–Crippen MR) is 369 cm³/mol. The number of aliphatic hydroxyl groups excluding tert-OH is 1. The van der Waals surface area contributed by atoms with Crippen LogP contribution in [0.2, 0.25) is 0 Å². The summed E-state index contributed by atoms with van der Waals surface area (Å²) in [5.41, 5.74) is 0. The fraction of sp³-hybridized carbons (Fsp3) is 0.880. The maximum Gasteiger partial charge on any atom is 0.472 e. The number of nitrogens with one attached hydrogen (secondary N) is 1. The number of phosphoric acid groups is 1. The largest absolute Gasteiger partial charge is 0.472 e. The van der Waals surface area contributed by atoms with Gasteiger partial charge in [0.1, 0.15) is 13.2 Å². The zero-order valence-electron chi connectivity index (χ0n) is 56.9. The first-order valence-electron chi connectivity index (χ1n) is 37.0. The number of amides is 1. The van der Waals surface area contributed by atoms with Gasteiger partial charge in [0.05, 0.1) is 39.9 Å². The predicted octanol–water partition coefficient (Wildman–Crippen LogP) is 23.8. The second kappa shape index (κ2) is 65.9. The second-order valence-corrected chi connectivity index (χ2v) is 28.1. The zero-order valence-corrected chi connectivity index (χ0v) is 57.8. The zero-order chi connectivity index (χ0) is 61.2. The normalized spacial score (nSPS) is 13.8. The van der Waals surface area contributed by atoms with E-state index in [0.29, 0.717) is 17.4 Å². The first-order chi connectivity index (χ1) is 41.0. The highest BCUT2D eigenvalue weighted by Crippen LogP contribution is 2.43. The Morgan fingerprint density at radius 2 is 0.655 bits per heavy atom. The molecule has 0 rings (SSSR count). The summed E-state index contributed by atoms with van der Waals surface area (Å²) in [7, 11) is 1.56. The van der Waals surface area contributed by atoms with Gasteiger partial charge in [-0.05, 0) is 70.6 Å². The van der Waals surface area contributed by atoms with Crippen LogP contribution in [-0.4, -0.2) is 73.4 Å². The maximum absolute atomic E-state index is 13.0. The third-order valence-corrected chi connectivity index (χ3v) is 18.0. The van der Waals surface area contributed by atoms with Gasteiger partial charge in [-0.1, -0.05) is 345 Å². The number of rotatable bonds is 69. The van der Waals surface area contributed by atoms with Crippen LogP contribution in [0, 0.1) is 0 Å². The Balaban J connectivity index is 3.93. The Morgan fingerprint density at radius 3 is 0.952 bits per heavy atom. The lowest BCUT2D eigenvalue weighted by Crippen LogP contribution is -2.45. The van der Waals surface area contributed by atoms with Crippen LogP contribution in [0.5, 0.6) is 0 Å². The third-order valence-electron chi connectivity index (χ3n) is 17.0. The lowest BCUT2D eigenvalue weighted by atomic mass is 10.0. The van der Waals surface area contributed by atoms with E-state index in [1.165, 1.54) is 308 Å². The van der Waals surface area contributed by atoms with Crippen molar-refractivity contribution < 1.29 is 32.9 Å². The van der Waals surface area contributed by atoms with Gasteiger partial charge in [-0.3, -0.25) is 13.8 Å². The Bertz CT molecular complexity index is 1510. The summed E-state index contributed by atoms with van der Waals surface area (Å²) in [6.45, 7) is 4.83. The molecule has 0 saturated carbocycles. The van der Waals surface area contributed by atoms with Gasteiger partial charge in [0, 0.05) is 6.42 Å². The van der Waals surface area contributed by atoms with Gasteiger partial charge in [0.2, 0.25) is 5.91 Å². The van der Waals surface area contributed by atoms with E-state index in [2.05, 4.69) is 55.6 Å². The topological polar surface area (TPSA) is 105 Å². The monoisotopic (exact) mass is 1200 g/mol. The summed E-state index contributed by atoms with van der Waals surface area (Å²) < 4.78 is 23.8. The lowest BCUT2D eigenvalue weighted by Gasteiger charge is -2.25. The molecule has 0 aromatic heterocycles. The van der Waals surface area contributed by atoms with Crippen LogP contribution in [-0.2, 0) is 18.4 Å². The van der Waals surface area contributed by atoms with E-state index in [0.717, 1.165) is 44.9 Å². The van der Waals surface area contributed by atoms with Gasteiger partial charge >= 0.3 is 7.82 Å². The fourth-order valence-corrected chi connectivity index (χ4v) is 12.0. The van der Waals surface area contributed by atoms with E-state index in [9.17, 15) is 19.4 Å². The number of allylic oxidation sites excluding steroid dienone is 7. The quantitative estimate of drug-likeness (QED) is 0.0243. The van der Waals surface area contributed by atoms with E-state index < -0.39 is 20.0 Å². The number of carbonyl (C=O) groups excluding carboxylic acids is 1. The number of hydrogen-bond acceptors (Lipinski definition) is 5. The summed E-state index contributed by atoms with van der Waals surface area (Å²) >= 11 is 0. The van der Waals surface area contributed by atoms with Crippen molar-refractivity contribution in [2.24, 2.45) is 0 Å². The number of aliphatic hydroxyl groups is 1. The molecule has 0 heterocycles. The van der Waals surface area contributed by atoms with Crippen molar-refractivity contribution >= 4 is 13.7 Å². The molecule has 0 aromatic carbocycles. The molecule has 0 radical (unpaired) electrons. The molecule has 0 aliphatic heterocycles. The molecular formula is C75H146N2O6P+. The minimum atomic E-state index is -4.36. The average Bonchev–Trinajstić information content (AvgIpc) is 3.56. The fourth-order valence-electron chi connectivity index (χ4n) is 11.3. The van der Waals surface area contributed by atoms with Crippen LogP contribution in [0.15, 0.2) is 48.6 Å². The van der Waals surface area contributed by atoms with Crippen LogP contribution in [0.25, 0.3) is 0 Å². The number of hydrogen-bond donors (Lipinski definition) is 3. The third kappa shape index (κ3) is 68.0. The number of nitrogens with zero attached hydrogens (tertiary/aromatic N) is 1. The molecule has 0 fully saturated rings. The number of carbonyl (C=O) groups is 1. The van der Waals surface area contributed by atoms with Crippen molar-refractivity contribution in [2.75, 3.05) is 40.9 Å². The summed E-state index contributed by atoms with van der Waals surface area (Å²) in [6, 6.07) is -0.870. The Kier molecular flexibility index (Phi) is 64.7. The molecule has 0 bridgehead atoms. The molecule has 1 amide bonds. The van der Waals surface area contributed by atoms with Crippen molar-refractivity contribution in [3.05, 3.63) is 48.6 Å². The van der Waals surface area contributed by atoms with E-state index in [-0.39, 0.29) is 19.1 Å². The van der Waals surface area contributed by atoms with Crippen LogP contribution in [0.3, 0.4) is 0 Å². The molecule has 3 unspecified atom stereocenters. The molecule has 3 atom stereocenters. The molecule has 0 aliphatic carbocycles. The highest BCUT2D eigenvalue weighted by molar-refractivity contribution is 7.47. The van der Waals surface area contributed by atoms with Gasteiger partial charge in [-0.15, -0.1) is 0 Å². The maximum atomic E-state index is 13.0. The highest BCUT2D eigenvalue weighted by atomic mass is 31.2. The van der Waals surface area contributed by atoms with Crippen LogP contribution in [0.1, 0.15) is 373 Å². The van der Waals surface area contributed by atoms with Gasteiger partial charge in [-0.25, -0.2) is 4.57 Å². The molecule has 0 saturated heterocycles. The second-order valence-electron chi connectivity index (χ2n) is 26.7. The van der Waals surface area contributed by atoms with E-state index in [4.69, 9.17) is 9.05 Å². The molecule has 8 nitrogen and oxygen atoms in total. The molecule has 0 aliphatic rings. The van der Waals surface area contributed by atoms with Crippen molar-refractivity contribution in [1.82, 2.24) is 5.32 Å². The van der Waals surface area contributed by atoms with Crippen molar-refractivity contribution in [1.29, 1.82) is 0 Å². The SMILES string of the molecule is CCCCCCCCCC/C=C\CCCCCCCCCCCCCCCCCCCCCCCCCCCCCCCC(=O)NC(COP(=O)(O)OCC[N+](C)(C)C)C(O)/C=C/CC/C=C/CC/C=C/CCCCCCCCCCCCC. The van der Waals surface area contributed by atoms with Gasteiger partial charge in [0.15, 0.2) is 0 Å². The molecular weight excluding hydrogens is 1060 g/mol. The molecule has 3 N–H and O–H groups in total. The smallest absolute Gasteiger partial charge is 0.387 e. The Hall–Kier alpha value is -1.54. The summed E-state index contributed by atoms with van der Waals surface area (Å²) in [4.78, 5) is 23.4. The van der Waals surface area contributed by atoms with Crippen molar-refractivity contribution in [3.63, 3.8) is 0 Å². The summed E-state index contributed by atoms with van der Waals surface area (Å²) in [6.07, 6.45) is 90.1. The van der Waals surface area contributed by atoms with E-state index in [1.807, 2.05) is 27.2 Å². The van der Waals surface area contributed by atoms with E-state index >= 15 is 0 Å². The molecule has 496 valence electrons. The van der Waals surface area contributed by atoms with Gasteiger partial charge < -0.3 is 19.8 Å². The van der Waals surface area contributed by atoms with E-state index in [1.54, 1.807) is 6.08 Å². The molecule has 0 spiro atoms. The van der Waals surface area contributed by atoms with Crippen LogP contribution < -0.4 is 5.32 Å². The van der Waals surface area contributed by atoms with Crippen LogP contribution >= 0.6 is 7.82 Å². The Morgan fingerprint density at radius 1 is 0.393 bits per heavy atom. The standard InChI is InChI=1S/C75H145N2O6P/c1-6-8-10-12-14-16-18-20-22-24-26-28-29-30-31-32-33-34-35-36-37-38-39-40-41-42-43-44-45-46-47-49-51-53-55-57-59-61-63-65-67-69-75(79)76-73(72-83-84(80,81)82-71-70-77(3,4)5)74(78)68-66-64-62-60-58-56-54-52-50-48-27-25-23-21-19-17-15-13-11-9-7-2/h24,26,50,52,58,60,66,68,73-74,78H,6-23,25,27-49,51,53-57,59,61-65,67,69-72H2,1-5H3,(H-,76,79,80,81)/p+1/b26-24-,52-50+,60-58+,68-66+. The summed E-state index contributed by atoms with van der Waals surface area (Å²) in [5, 5.41) is 14.0. The number of likely N-dealkylation sites (N-methyl/N-ethyl adjacent to an activating group) is 1.